The van der Waals surface area contributed by atoms with E-state index < -0.39 is 12.1 Å². The molecular weight excluding hydrogens is 444 g/mol. The molecule has 184 valence electrons. The van der Waals surface area contributed by atoms with E-state index in [2.05, 4.69) is 34.9 Å². The fraction of sp³-hybridized carbons (Fsp3) is 0.464. The van der Waals surface area contributed by atoms with E-state index in [1.165, 1.54) is 11.1 Å². The third kappa shape index (κ3) is 5.50. The van der Waals surface area contributed by atoms with Crippen LogP contribution in [0.4, 0.5) is 4.79 Å². The van der Waals surface area contributed by atoms with Crippen molar-refractivity contribution < 1.29 is 24.2 Å². The Labute approximate surface area is 205 Å². The van der Waals surface area contributed by atoms with Gasteiger partial charge in [-0.05, 0) is 66.2 Å². The molecule has 1 unspecified atom stereocenters. The number of carboxylic acids is 1. The second-order valence-electron chi connectivity index (χ2n) is 10.2. The average molecular weight is 477 g/mol. The molecule has 5 rings (SSSR count). The van der Waals surface area contributed by atoms with E-state index in [0.717, 1.165) is 36.8 Å². The van der Waals surface area contributed by atoms with Crippen LogP contribution in [0.15, 0.2) is 48.5 Å². The van der Waals surface area contributed by atoms with Crippen LogP contribution in [0.25, 0.3) is 11.1 Å². The zero-order chi connectivity index (χ0) is 24.4. The number of aliphatic carboxylic acids is 1. The second-order valence-corrected chi connectivity index (χ2v) is 10.2. The molecule has 0 aliphatic heterocycles. The molecule has 0 bridgehead atoms. The molecule has 2 saturated carbocycles. The number of nitrogens with one attached hydrogen (secondary N) is 2. The van der Waals surface area contributed by atoms with Crippen LogP contribution in [0.2, 0.25) is 0 Å². The van der Waals surface area contributed by atoms with Crippen LogP contribution in [-0.4, -0.2) is 41.8 Å². The number of hydrogen-bond acceptors (Lipinski definition) is 4. The van der Waals surface area contributed by atoms with Crippen molar-refractivity contribution >= 4 is 18.0 Å². The summed E-state index contributed by atoms with van der Waals surface area (Å²) in [7, 11) is 0. The number of carbonyl (C=O) groups is 3. The maximum Gasteiger partial charge on any atom is 0.407 e. The summed E-state index contributed by atoms with van der Waals surface area (Å²) in [6, 6.07) is 16.2. The van der Waals surface area contributed by atoms with Gasteiger partial charge in [-0.1, -0.05) is 48.5 Å². The smallest absolute Gasteiger partial charge is 0.407 e. The summed E-state index contributed by atoms with van der Waals surface area (Å²) < 4.78 is 5.68. The molecule has 7 nitrogen and oxygen atoms in total. The number of rotatable bonds is 9. The molecule has 0 heterocycles. The first-order valence-corrected chi connectivity index (χ1v) is 12.6. The predicted octanol–water partition coefficient (Wildman–Crippen LogP) is 4.45. The van der Waals surface area contributed by atoms with Crippen LogP contribution in [0.5, 0.6) is 0 Å². The summed E-state index contributed by atoms with van der Waals surface area (Å²) in [5.41, 5.74) is 4.69. The lowest BCUT2D eigenvalue weighted by Crippen LogP contribution is -2.43. The van der Waals surface area contributed by atoms with Crippen molar-refractivity contribution in [3.05, 3.63) is 59.7 Å². The topological polar surface area (TPSA) is 105 Å². The SMILES string of the molecule is O=C(O)C[C@H]1CC[C@@H](NC(=O)CC(NC(=O)OCC2c3ccccc3-c3ccccc32)C2CC2)C1. The van der Waals surface area contributed by atoms with Gasteiger partial charge < -0.3 is 20.5 Å². The summed E-state index contributed by atoms with van der Waals surface area (Å²) in [4.78, 5) is 36.3. The molecular formula is C28H32N2O5. The Balaban J connectivity index is 1.14. The molecule has 3 aliphatic carbocycles. The third-order valence-corrected chi connectivity index (χ3v) is 7.61. The maximum atomic E-state index is 12.7. The van der Waals surface area contributed by atoms with Crippen LogP contribution < -0.4 is 10.6 Å². The Hall–Kier alpha value is -3.35. The number of carbonyl (C=O) groups excluding carboxylic acids is 2. The van der Waals surface area contributed by atoms with E-state index in [0.29, 0.717) is 12.3 Å². The highest BCUT2D eigenvalue weighted by atomic mass is 16.5. The third-order valence-electron chi connectivity index (χ3n) is 7.61. The van der Waals surface area contributed by atoms with E-state index in [1.807, 2.05) is 24.3 Å². The lowest BCUT2D eigenvalue weighted by atomic mass is 9.98. The molecule has 0 spiro atoms. The van der Waals surface area contributed by atoms with Gasteiger partial charge in [-0.2, -0.15) is 0 Å². The second kappa shape index (κ2) is 10.1. The van der Waals surface area contributed by atoms with Crippen molar-refractivity contribution in [1.82, 2.24) is 10.6 Å². The van der Waals surface area contributed by atoms with E-state index in [-0.39, 0.29) is 49.3 Å². The van der Waals surface area contributed by atoms with E-state index in [9.17, 15) is 14.4 Å². The number of carboxylic acid groups (broad SMARTS) is 1. The lowest BCUT2D eigenvalue weighted by molar-refractivity contribution is -0.138. The molecule has 7 heteroatoms. The molecule has 3 atom stereocenters. The summed E-state index contributed by atoms with van der Waals surface area (Å²) >= 11 is 0. The number of ether oxygens (including phenoxy) is 1. The Bertz CT molecular complexity index is 1070. The Morgan fingerprint density at radius 2 is 1.60 bits per heavy atom. The van der Waals surface area contributed by atoms with E-state index >= 15 is 0 Å². The number of hydrogen-bond donors (Lipinski definition) is 3. The van der Waals surface area contributed by atoms with Crippen LogP contribution in [0.3, 0.4) is 0 Å². The molecule has 2 aromatic carbocycles. The maximum absolute atomic E-state index is 12.7. The summed E-state index contributed by atoms with van der Waals surface area (Å²) in [5.74, 6) is -0.470. The average Bonchev–Trinajstić information content (AvgIpc) is 3.52. The standard InChI is InChI=1S/C28H32N2O5/c31-26(29-19-12-9-17(13-19)14-27(32)33)15-25(18-10-11-18)30-28(34)35-16-24-22-7-3-1-5-20(22)21-6-2-4-8-23(21)24/h1-8,17-19,24-25H,9-16H2,(H,29,31)(H,30,34)(H,32,33)/t17-,19+,25?/m0/s1. The highest BCUT2D eigenvalue weighted by Gasteiger charge is 2.36. The first-order chi connectivity index (χ1) is 17.0. The van der Waals surface area contributed by atoms with Crippen LogP contribution >= 0.6 is 0 Å². The molecule has 3 N–H and O–H groups in total. The molecule has 0 saturated heterocycles. The normalized spacial score (nSPS) is 21.6. The first kappa shape index (κ1) is 23.4. The zero-order valence-electron chi connectivity index (χ0n) is 19.7. The van der Waals surface area contributed by atoms with Crippen LogP contribution in [0.1, 0.15) is 62.0 Å². The van der Waals surface area contributed by atoms with E-state index in [1.54, 1.807) is 0 Å². The molecule has 3 aliphatic rings. The minimum Gasteiger partial charge on any atom is -0.481 e. The van der Waals surface area contributed by atoms with Gasteiger partial charge in [-0.25, -0.2) is 4.79 Å². The Morgan fingerprint density at radius 1 is 0.943 bits per heavy atom. The lowest BCUT2D eigenvalue weighted by Gasteiger charge is -2.21. The van der Waals surface area contributed by atoms with Gasteiger partial charge in [0, 0.05) is 30.8 Å². The van der Waals surface area contributed by atoms with Crippen molar-refractivity contribution in [2.45, 2.75) is 62.9 Å². The quantitative estimate of drug-likeness (QED) is 0.496. The molecule has 2 amide bonds. The van der Waals surface area contributed by atoms with Gasteiger partial charge in [0.05, 0.1) is 0 Å². The molecule has 2 aromatic rings. The molecule has 2 fully saturated rings. The number of alkyl carbamates (subject to hydrolysis) is 1. The minimum atomic E-state index is -0.789. The fourth-order valence-electron chi connectivity index (χ4n) is 5.75. The first-order valence-electron chi connectivity index (χ1n) is 12.6. The van der Waals surface area contributed by atoms with Crippen molar-refractivity contribution in [2.24, 2.45) is 11.8 Å². The van der Waals surface area contributed by atoms with Crippen LogP contribution in [0, 0.1) is 11.8 Å². The van der Waals surface area contributed by atoms with Gasteiger partial charge in [-0.3, -0.25) is 9.59 Å². The summed E-state index contributed by atoms with van der Waals surface area (Å²) in [6.45, 7) is 0.247. The zero-order valence-corrected chi connectivity index (χ0v) is 19.7. The monoisotopic (exact) mass is 476 g/mol. The largest absolute Gasteiger partial charge is 0.481 e. The summed E-state index contributed by atoms with van der Waals surface area (Å²) in [5, 5.41) is 15.0. The minimum absolute atomic E-state index is 0.00283. The molecule has 35 heavy (non-hydrogen) atoms. The highest BCUT2D eigenvalue weighted by Crippen LogP contribution is 2.44. The van der Waals surface area contributed by atoms with Gasteiger partial charge in [0.2, 0.25) is 5.91 Å². The van der Waals surface area contributed by atoms with Gasteiger partial charge in [0.25, 0.3) is 0 Å². The van der Waals surface area contributed by atoms with E-state index in [4.69, 9.17) is 9.84 Å². The Morgan fingerprint density at radius 3 is 2.23 bits per heavy atom. The fourth-order valence-corrected chi connectivity index (χ4v) is 5.75. The predicted molar refractivity (Wildman–Crippen MR) is 131 cm³/mol. The number of benzene rings is 2. The van der Waals surface area contributed by atoms with Gasteiger partial charge >= 0.3 is 12.1 Å². The molecule has 0 aromatic heterocycles. The van der Waals surface area contributed by atoms with Crippen molar-refractivity contribution in [1.29, 1.82) is 0 Å². The number of fused-ring (bicyclic) bond motifs is 3. The van der Waals surface area contributed by atoms with Crippen molar-refractivity contribution in [3.8, 4) is 11.1 Å². The number of amides is 2. The van der Waals surface area contributed by atoms with Crippen LogP contribution in [-0.2, 0) is 14.3 Å². The van der Waals surface area contributed by atoms with Crippen molar-refractivity contribution in [3.63, 3.8) is 0 Å². The van der Waals surface area contributed by atoms with Gasteiger partial charge in [0.1, 0.15) is 6.61 Å². The van der Waals surface area contributed by atoms with Gasteiger partial charge in [0.15, 0.2) is 0 Å². The Kier molecular flexibility index (Phi) is 6.75. The highest BCUT2D eigenvalue weighted by molar-refractivity contribution is 5.80. The summed E-state index contributed by atoms with van der Waals surface area (Å²) in [6.07, 6.45) is 4.19. The van der Waals surface area contributed by atoms with Crippen molar-refractivity contribution in [2.75, 3.05) is 6.61 Å². The van der Waals surface area contributed by atoms with Gasteiger partial charge in [-0.15, -0.1) is 0 Å². The molecule has 0 radical (unpaired) electrons.